The van der Waals surface area contributed by atoms with E-state index in [0.717, 1.165) is 0 Å². The third-order valence-corrected chi connectivity index (χ3v) is 3.46. The Kier molecular flexibility index (Phi) is 5.44. The first-order valence-corrected chi connectivity index (χ1v) is 6.47. The SMILES string of the molecule is C=C(C(=O)OC)C(OC(C)=O)c1cc(Br)c(C)cc1F. The molecular weight excluding hydrogens is 331 g/mol. The molecule has 0 amide bonds. The fourth-order valence-corrected chi connectivity index (χ4v) is 1.95. The molecule has 4 nitrogen and oxygen atoms in total. The molecule has 0 heterocycles. The minimum absolute atomic E-state index is 0.0353. The summed E-state index contributed by atoms with van der Waals surface area (Å²) in [5, 5.41) is 0. The predicted molar refractivity (Wildman–Crippen MR) is 74.5 cm³/mol. The number of benzene rings is 1. The number of ether oxygens (including phenoxy) is 2. The van der Waals surface area contributed by atoms with Gasteiger partial charge in [-0.25, -0.2) is 9.18 Å². The van der Waals surface area contributed by atoms with E-state index in [-0.39, 0.29) is 11.1 Å². The normalized spacial score (nSPS) is 11.7. The zero-order chi connectivity index (χ0) is 15.4. The van der Waals surface area contributed by atoms with Crippen molar-refractivity contribution in [2.24, 2.45) is 0 Å². The van der Waals surface area contributed by atoms with Gasteiger partial charge < -0.3 is 9.47 Å². The van der Waals surface area contributed by atoms with Crippen LogP contribution in [-0.2, 0) is 19.1 Å². The second-order valence-corrected chi connectivity index (χ2v) is 4.98. The van der Waals surface area contributed by atoms with E-state index in [1.54, 1.807) is 6.92 Å². The van der Waals surface area contributed by atoms with Crippen molar-refractivity contribution in [3.8, 4) is 0 Å². The molecule has 6 heteroatoms. The van der Waals surface area contributed by atoms with Gasteiger partial charge in [-0.05, 0) is 24.6 Å². The summed E-state index contributed by atoms with van der Waals surface area (Å²) in [7, 11) is 1.17. The van der Waals surface area contributed by atoms with Crippen LogP contribution in [0.4, 0.5) is 4.39 Å². The molecule has 0 aliphatic heterocycles. The van der Waals surface area contributed by atoms with Crippen LogP contribution < -0.4 is 0 Å². The van der Waals surface area contributed by atoms with Gasteiger partial charge in [0.05, 0.1) is 12.7 Å². The van der Waals surface area contributed by atoms with E-state index < -0.39 is 23.9 Å². The van der Waals surface area contributed by atoms with Gasteiger partial charge in [0.25, 0.3) is 0 Å². The van der Waals surface area contributed by atoms with Gasteiger partial charge in [-0.15, -0.1) is 0 Å². The lowest BCUT2D eigenvalue weighted by Gasteiger charge is -2.19. The molecule has 108 valence electrons. The minimum atomic E-state index is -1.23. The zero-order valence-corrected chi connectivity index (χ0v) is 12.9. The van der Waals surface area contributed by atoms with Gasteiger partial charge in [-0.2, -0.15) is 0 Å². The topological polar surface area (TPSA) is 52.6 Å². The molecule has 1 aromatic carbocycles. The molecule has 0 bridgehead atoms. The van der Waals surface area contributed by atoms with E-state index in [4.69, 9.17) is 4.74 Å². The Bertz CT molecular complexity index is 569. The summed E-state index contributed by atoms with van der Waals surface area (Å²) in [4.78, 5) is 22.7. The molecule has 1 rings (SSSR count). The van der Waals surface area contributed by atoms with Crippen LogP contribution >= 0.6 is 15.9 Å². The van der Waals surface area contributed by atoms with Crippen LogP contribution in [0.2, 0.25) is 0 Å². The number of carbonyl (C=O) groups excluding carboxylic acids is 2. The maximum Gasteiger partial charge on any atom is 0.337 e. The molecule has 1 atom stereocenters. The highest BCUT2D eigenvalue weighted by molar-refractivity contribution is 9.10. The average Bonchev–Trinajstić information content (AvgIpc) is 2.38. The van der Waals surface area contributed by atoms with E-state index in [0.29, 0.717) is 10.0 Å². The van der Waals surface area contributed by atoms with Crippen molar-refractivity contribution in [1.29, 1.82) is 0 Å². The molecule has 0 N–H and O–H groups in total. The molecule has 0 aliphatic rings. The highest BCUT2D eigenvalue weighted by atomic mass is 79.9. The number of aryl methyl sites for hydroxylation is 1. The lowest BCUT2D eigenvalue weighted by atomic mass is 10.0. The van der Waals surface area contributed by atoms with Gasteiger partial charge in [-0.1, -0.05) is 22.5 Å². The Morgan fingerprint density at radius 1 is 1.40 bits per heavy atom. The van der Waals surface area contributed by atoms with Crippen molar-refractivity contribution in [3.63, 3.8) is 0 Å². The fraction of sp³-hybridized carbons (Fsp3) is 0.286. The quantitative estimate of drug-likeness (QED) is 0.621. The Balaban J connectivity index is 3.31. The molecule has 0 saturated carbocycles. The average molecular weight is 345 g/mol. The van der Waals surface area contributed by atoms with Crippen molar-refractivity contribution in [1.82, 2.24) is 0 Å². The van der Waals surface area contributed by atoms with Gasteiger partial charge in [0.2, 0.25) is 0 Å². The summed E-state index contributed by atoms with van der Waals surface area (Å²) in [6, 6.07) is 2.73. The van der Waals surface area contributed by atoms with Crippen LogP contribution in [0.25, 0.3) is 0 Å². The fourth-order valence-electron chi connectivity index (χ4n) is 1.59. The summed E-state index contributed by atoms with van der Waals surface area (Å²) >= 11 is 3.26. The lowest BCUT2D eigenvalue weighted by molar-refractivity contribution is -0.147. The van der Waals surface area contributed by atoms with Crippen molar-refractivity contribution in [3.05, 3.63) is 45.7 Å². The second-order valence-electron chi connectivity index (χ2n) is 4.13. The zero-order valence-electron chi connectivity index (χ0n) is 11.3. The summed E-state index contributed by atoms with van der Waals surface area (Å²) in [6.07, 6.45) is -1.23. The molecule has 1 unspecified atom stereocenters. The molecule has 0 aromatic heterocycles. The van der Waals surface area contributed by atoms with Crippen LogP contribution in [0.1, 0.15) is 24.2 Å². The van der Waals surface area contributed by atoms with E-state index in [9.17, 15) is 14.0 Å². The van der Waals surface area contributed by atoms with Gasteiger partial charge >= 0.3 is 11.9 Å². The largest absolute Gasteiger partial charge is 0.466 e. The van der Waals surface area contributed by atoms with Gasteiger partial charge in [-0.3, -0.25) is 4.79 Å². The number of methoxy groups -OCH3 is 1. The maximum atomic E-state index is 14.1. The van der Waals surface area contributed by atoms with Gasteiger partial charge in [0.15, 0.2) is 6.10 Å². The van der Waals surface area contributed by atoms with Crippen molar-refractivity contribution in [2.45, 2.75) is 20.0 Å². The number of hydrogen-bond acceptors (Lipinski definition) is 4. The first-order chi connectivity index (χ1) is 9.27. The number of carbonyl (C=O) groups is 2. The molecule has 0 spiro atoms. The Morgan fingerprint density at radius 2 is 2.00 bits per heavy atom. The Labute approximate surface area is 124 Å². The third-order valence-electron chi connectivity index (χ3n) is 2.61. The molecular formula is C14H14BrFO4. The number of esters is 2. The molecule has 0 aliphatic carbocycles. The lowest BCUT2D eigenvalue weighted by Crippen LogP contribution is -2.18. The summed E-state index contributed by atoms with van der Waals surface area (Å²) in [5.41, 5.74) is 0.557. The molecule has 0 fully saturated rings. The van der Waals surface area contributed by atoms with E-state index in [1.165, 1.54) is 26.2 Å². The monoisotopic (exact) mass is 344 g/mol. The van der Waals surface area contributed by atoms with E-state index in [1.807, 2.05) is 0 Å². The number of rotatable bonds is 4. The third kappa shape index (κ3) is 3.66. The standard InChI is InChI=1S/C14H14BrFO4/c1-7-5-12(16)10(6-11(7)15)13(20-9(3)17)8(2)14(18)19-4/h5-6,13H,2H2,1,3-4H3. The Morgan fingerprint density at radius 3 is 2.50 bits per heavy atom. The van der Waals surface area contributed by atoms with Crippen LogP contribution in [-0.4, -0.2) is 19.0 Å². The summed E-state index contributed by atoms with van der Waals surface area (Å²) in [5.74, 6) is -2.02. The molecule has 20 heavy (non-hydrogen) atoms. The number of halogens is 2. The first-order valence-electron chi connectivity index (χ1n) is 5.67. The van der Waals surface area contributed by atoms with Crippen LogP contribution in [0.3, 0.4) is 0 Å². The molecule has 0 radical (unpaired) electrons. The second kappa shape index (κ2) is 6.65. The van der Waals surface area contributed by atoms with Crippen LogP contribution in [0, 0.1) is 12.7 Å². The van der Waals surface area contributed by atoms with E-state index >= 15 is 0 Å². The van der Waals surface area contributed by atoms with Crippen LogP contribution in [0.5, 0.6) is 0 Å². The first kappa shape index (κ1) is 16.4. The summed E-state index contributed by atoms with van der Waals surface area (Å²) in [6.45, 7) is 6.40. The molecule has 1 aromatic rings. The van der Waals surface area contributed by atoms with Crippen LogP contribution in [0.15, 0.2) is 28.8 Å². The van der Waals surface area contributed by atoms with Crippen molar-refractivity contribution >= 4 is 27.9 Å². The molecule has 0 saturated heterocycles. The minimum Gasteiger partial charge on any atom is -0.466 e. The predicted octanol–water partition coefficient (Wildman–Crippen LogP) is 3.23. The highest BCUT2D eigenvalue weighted by Crippen LogP contribution is 2.31. The van der Waals surface area contributed by atoms with Gasteiger partial charge in [0, 0.05) is 17.0 Å². The Hall–Kier alpha value is -1.69. The van der Waals surface area contributed by atoms with Crippen molar-refractivity contribution < 1.29 is 23.5 Å². The van der Waals surface area contributed by atoms with Gasteiger partial charge in [0.1, 0.15) is 5.82 Å². The smallest absolute Gasteiger partial charge is 0.337 e. The highest BCUT2D eigenvalue weighted by Gasteiger charge is 2.27. The summed E-state index contributed by atoms with van der Waals surface area (Å²) < 4.78 is 24.2. The number of hydrogen-bond donors (Lipinski definition) is 0. The maximum absolute atomic E-state index is 14.1. The van der Waals surface area contributed by atoms with Crippen molar-refractivity contribution in [2.75, 3.05) is 7.11 Å². The van der Waals surface area contributed by atoms with E-state index in [2.05, 4.69) is 27.2 Å².